The van der Waals surface area contributed by atoms with E-state index in [1.54, 1.807) is 54.6 Å². The van der Waals surface area contributed by atoms with Crippen LogP contribution in [0.4, 0.5) is 5.69 Å². The fourth-order valence-electron chi connectivity index (χ4n) is 3.75. The molecule has 41 heavy (non-hydrogen) atoms. The van der Waals surface area contributed by atoms with Gasteiger partial charge in [-0.3, -0.25) is 4.79 Å². The predicted molar refractivity (Wildman–Crippen MR) is 166 cm³/mol. The number of benzene rings is 4. The Labute approximate surface area is 257 Å². The normalized spacial score (nSPS) is 11.0. The summed E-state index contributed by atoms with van der Waals surface area (Å²) in [5.74, 6) is 0.976. The lowest BCUT2D eigenvalue weighted by atomic mass is 10.1. The first-order chi connectivity index (χ1) is 19.7. The van der Waals surface area contributed by atoms with Crippen molar-refractivity contribution in [3.05, 3.63) is 121 Å². The minimum Gasteiger partial charge on any atom is -0.493 e. The highest BCUT2D eigenvalue weighted by Crippen LogP contribution is 2.38. The van der Waals surface area contributed by atoms with Gasteiger partial charge in [-0.05, 0) is 88.6 Å². The maximum atomic E-state index is 12.9. The van der Waals surface area contributed by atoms with Gasteiger partial charge in [-0.15, -0.1) is 0 Å². The SMILES string of the molecule is COc1cc(/C=C(\C#N)C(=O)Nc2ccc(OCc3ccc(C)cc3)cc2)cc(Br)c1OCc1ccc(Cl)cc1Cl. The molecule has 9 heteroatoms. The van der Waals surface area contributed by atoms with Crippen molar-refractivity contribution in [2.75, 3.05) is 12.4 Å². The number of rotatable bonds is 10. The largest absolute Gasteiger partial charge is 0.493 e. The first kappa shape index (κ1) is 30.0. The molecule has 6 nitrogen and oxygen atoms in total. The van der Waals surface area contributed by atoms with E-state index >= 15 is 0 Å². The Hall–Kier alpha value is -3.96. The third kappa shape index (κ3) is 8.27. The highest BCUT2D eigenvalue weighted by Gasteiger charge is 2.15. The third-order valence-electron chi connectivity index (χ3n) is 5.95. The van der Waals surface area contributed by atoms with E-state index in [9.17, 15) is 10.1 Å². The molecule has 0 bridgehead atoms. The summed E-state index contributed by atoms with van der Waals surface area (Å²) in [5.41, 5.74) is 4.02. The van der Waals surface area contributed by atoms with Crippen LogP contribution >= 0.6 is 39.1 Å². The quantitative estimate of drug-likeness (QED) is 0.137. The number of methoxy groups -OCH3 is 1. The number of carbonyl (C=O) groups is 1. The summed E-state index contributed by atoms with van der Waals surface area (Å²) < 4.78 is 17.9. The fourth-order valence-corrected chi connectivity index (χ4v) is 4.79. The molecule has 0 aliphatic carbocycles. The van der Waals surface area contributed by atoms with Gasteiger partial charge in [0.05, 0.1) is 11.6 Å². The Morgan fingerprint density at radius 3 is 2.37 bits per heavy atom. The summed E-state index contributed by atoms with van der Waals surface area (Å²) in [6.45, 7) is 2.65. The summed E-state index contributed by atoms with van der Waals surface area (Å²) in [4.78, 5) is 12.9. The van der Waals surface area contributed by atoms with E-state index in [-0.39, 0.29) is 12.2 Å². The second-order valence-corrected chi connectivity index (χ2v) is 10.7. The molecule has 0 unspecified atom stereocenters. The van der Waals surface area contributed by atoms with E-state index in [0.29, 0.717) is 49.6 Å². The van der Waals surface area contributed by atoms with Crippen LogP contribution in [0.2, 0.25) is 10.0 Å². The highest BCUT2D eigenvalue weighted by atomic mass is 79.9. The average molecular weight is 652 g/mol. The topological polar surface area (TPSA) is 80.6 Å². The summed E-state index contributed by atoms with van der Waals surface area (Å²) >= 11 is 15.7. The summed E-state index contributed by atoms with van der Waals surface area (Å²) in [6, 6.07) is 25.6. The van der Waals surface area contributed by atoms with Gasteiger partial charge < -0.3 is 19.5 Å². The number of nitrogens with one attached hydrogen (secondary N) is 1. The first-order valence-electron chi connectivity index (χ1n) is 12.4. The van der Waals surface area contributed by atoms with E-state index in [2.05, 4.69) is 21.2 Å². The molecule has 4 rings (SSSR count). The predicted octanol–water partition coefficient (Wildman–Crippen LogP) is 8.78. The highest BCUT2D eigenvalue weighted by molar-refractivity contribution is 9.10. The molecule has 0 saturated carbocycles. The number of nitrogens with zero attached hydrogens (tertiary/aromatic N) is 1. The van der Waals surface area contributed by atoms with Crippen LogP contribution in [0.15, 0.2) is 88.9 Å². The zero-order valence-corrected chi connectivity index (χ0v) is 25.3. The number of hydrogen-bond acceptors (Lipinski definition) is 5. The van der Waals surface area contributed by atoms with Crippen molar-refractivity contribution >= 4 is 56.8 Å². The van der Waals surface area contributed by atoms with E-state index in [4.69, 9.17) is 37.4 Å². The Kier molecular flexibility index (Phi) is 10.3. The smallest absolute Gasteiger partial charge is 0.266 e. The molecule has 0 spiro atoms. The number of amides is 1. The van der Waals surface area contributed by atoms with Gasteiger partial charge in [0.25, 0.3) is 5.91 Å². The second-order valence-electron chi connectivity index (χ2n) is 8.98. The molecular weight excluding hydrogens is 627 g/mol. The van der Waals surface area contributed by atoms with Crippen LogP contribution < -0.4 is 19.5 Å². The first-order valence-corrected chi connectivity index (χ1v) is 14.0. The van der Waals surface area contributed by atoms with Gasteiger partial charge in [-0.2, -0.15) is 5.26 Å². The molecule has 0 aromatic heterocycles. The van der Waals surface area contributed by atoms with E-state index in [0.717, 1.165) is 11.1 Å². The van der Waals surface area contributed by atoms with Crippen LogP contribution in [-0.2, 0) is 18.0 Å². The van der Waals surface area contributed by atoms with Gasteiger partial charge in [0.15, 0.2) is 11.5 Å². The fraction of sp³-hybridized carbons (Fsp3) is 0.125. The van der Waals surface area contributed by atoms with Crippen LogP contribution in [-0.4, -0.2) is 13.0 Å². The van der Waals surface area contributed by atoms with Gasteiger partial charge in [-0.1, -0.05) is 59.1 Å². The number of halogens is 3. The average Bonchev–Trinajstić information content (AvgIpc) is 2.96. The molecule has 0 fully saturated rings. The van der Waals surface area contributed by atoms with Crippen LogP contribution in [0.1, 0.15) is 22.3 Å². The molecule has 1 amide bonds. The van der Waals surface area contributed by atoms with Crippen LogP contribution in [0, 0.1) is 18.3 Å². The van der Waals surface area contributed by atoms with E-state index < -0.39 is 5.91 Å². The summed E-state index contributed by atoms with van der Waals surface area (Å²) in [5, 5.41) is 13.5. The summed E-state index contributed by atoms with van der Waals surface area (Å²) in [7, 11) is 1.50. The molecule has 208 valence electrons. The van der Waals surface area contributed by atoms with E-state index in [1.165, 1.54) is 18.7 Å². The molecule has 0 aliphatic heterocycles. The van der Waals surface area contributed by atoms with Crippen molar-refractivity contribution in [1.82, 2.24) is 0 Å². The molecule has 0 heterocycles. The van der Waals surface area contributed by atoms with Crippen molar-refractivity contribution in [3.63, 3.8) is 0 Å². The second kappa shape index (κ2) is 14.1. The minimum atomic E-state index is -0.548. The minimum absolute atomic E-state index is 0.0831. The van der Waals surface area contributed by atoms with Crippen molar-refractivity contribution in [3.8, 4) is 23.3 Å². The molecule has 1 N–H and O–H groups in total. The third-order valence-corrected chi connectivity index (χ3v) is 7.13. The molecule has 4 aromatic rings. The van der Waals surface area contributed by atoms with E-state index in [1.807, 2.05) is 37.3 Å². The van der Waals surface area contributed by atoms with Gasteiger partial charge in [0.1, 0.15) is 30.6 Å². The number of carbonyl (C=O) groups excluding carboxylic acids is 1. The lowest BCUT2D eigenvalue weighted by Crippen LogP contribution is -2.13. The lowest BCUT2D eigenvalue weighted by Gasteiger charge is -2.14. The van der Waals surface area contributed by atoms with Crippen molar-refractivity contribution in [2.45, 2.75) is 20.1 Å². The van der Waals surface area contributed by atoms with Crippen LogP contribution in [0.5, 0.6) is 17.2 Å². The Bertz CT molecular complexity index is 1620. The monoisotopic (exact) mass is 650 g/mol. The van der Waals surface area contributed by atoms with Gasteiger partial charge in [0, 0.05) is 21.3 Å². The van der Waals surface area contributed by atoms with Gasteiger partial charge in [-0.25, -0.2) is 0 Å². The van der Waals surface area contributed by atoms with Crippen molar-refractivity contribution < 1.29 is 19.0 Å². The van der Waals surface area contributed by atoms with Crippen molar-refractivity contribution in [2.24, 2.45) is 0 Å². The lowest BCUT2D eigenvalue weighted by molar-refractivity contribution is -0.112. The molecule has 0 aliphatic rings. The maximum Gasteiger partial charge on any atom is 0.266 e. The molecule has 0 radical (unpaired) electrons. The zero-order chi connectivity index (χ0) is 29.4. The number of ether oxygens (including phenoxy) is 3. The number of anilines is 1. The van der Waals surface area contributed by atoms with Crippen LogP contribution in [0.3, 0.4) is 0 Å². The van der Waals surface area contributed by atoms with Gasteiger partial charge >= 0.3 is 0 Å². The molecule has 0 saturated heterocycles. The zero-order valence-electron chi connectivity index (χ0n) is 22.2. The number of nitriles is 1. The maximum absolute atomic E-state index is 12.9. The van der Waals surface area contributed by atoms with Gasteiger partial charge in [0.2, 0.25) is 0 Å². The Balaban J connectivity index is 1.42. The molecule has 0 atom stereocenters. The summed E-state index contributed by atoms with van der Waals surface area (Å²) in [6.07, 6.45) is 1.47. The van der Waals surface area contributed by atoms with Crippen molar-refractivity contribution in [1.29, 1.82) is 5.26 Å². The standard InChI is InChI=1S/C32H25BrCl2N2O4/c1-20-3-5-21(6-4-20)18-40-27-11-9-26(10-12-27)37-32(38)24(17-36)13-22-14-28(33)31(30(15-22)39-2)41-19-23-7-8-25(34)16-29(23)35/h3-16H,18-19H2,1-2H3,(H,37,38)/b24-13+. The Morgan fingerprint density at radius 2 is 1.71 bits per heavy atom. The number of aryl methyl sites for hydroxylation is 1. The Morgan fingerprint density at radius 1 is 0.976 bits per heavy atom. The molecule has 4 aromatic carbocycles. The van der Waals surface area contributed by atoms with Crippen LogP contribution in [0.25, 0.3) is 6.08 Å². The molecular formula is C32H25BrCl2N2O4. The number of hydrogen-bond donors (Lipinski definition) is 1.